The average Bonchev–Trinajstić information content (AvgIpc) is 3.44. The summed E-state index contributed by atoms with van der Waals surface area (Å²) >= 11 is 0. The Labute approximate surface area is 196 Å². The Morgan fingerprint density at radius 2 is 1.94 bits per heavy atom. The molecule has 0 aromatic carbocycles. The van der Waals surface area contributed by atoms with E-state index in [0.717, 1.165) is 37.7 Å². The van der Waals surface area contributed by atoms with Crippen LogP contribution in [0.15, 0.2) is 36.0 Å². The predicted octanol–water partition coefficient (Wildman–Crippen LogP) is 4.91. The number of epoxide rings is 1. The van der Waals surface area contributed by atoms with Gasteiger partial charge in [-0.3, -0.25) is 14.4 Å². The van der Waals surface area contributed by atoms with Crippen molar-refractivity contribution in [2.45, 2.75) is 77.9 Å². The Kier molecular flexibility index (Phi) is 5.00. The number of hydrogen-bond donors (Lipinski definition) is 1. The molecular formula is C28H36O5. The van der Waals surface area contributed by atoms with E-state index in [0.29, 0.717) is 12.3 Å². The first-order chi connectivity index (χ1) is 15.5. The van der Waals surface area contributed by atoms with E-state index >= 15 is 0 Å². The maximum absolute atomic E-state index is 13.4. The van der Waals surface area contributed by atoms with Gasteiger partial charge in [0.2, 0.25) is 0 Å². The summed E-state index contributed by atoms with van der Waals surface area (Å²) < 4.78 is 5.85. The molecule has 1 aliphatic heterocycles. The Bertz CT molecular complexity index is 1000. The largest absolute Gasteiger partial charge is 0.481 e. The molecule has 0 amide bonds. The van der Waals surface area contributed by atoms with Crippen molar-refractivity contribution in [3.63, 3.8) is 0 Å². The molecule has 2 saturated carbocycles. The van der Waals surface area contributed by atoms with Gasteiger partial charge in [0.1, 0.15) is 0 Å². The van der Waals surface area contributed by atoms with Crippen molar-refractivity contribution in [1.82, 2.24) is 0 Å². The van der Waals surface area contributed by atoms with Crippen LogP contribution in [0, 0.1) is 40.4 Å². The van der Waals surface area contributed by atoms with Crippen LogP contribution in [0.5, 0.6) is 0 Å². The summed E-state index contributed by atoms with van der Waals surface area (Å²) in [6.07, 6.45) is 9.69. The highest BCUT2D eigenvalue weighted by Crippen LogP contribution is 2.69. The lowest BCUT2D eigenvalue weighted by Gasteiger charge is -2.54. The van der Waals surface area contributed by atoms with Crippen molar-refractivity contribution in [2.24, 2.45) is 40.4 Å². The second kappa shape index (κ2) is 7.24. The van der Waals surface area contributed by atoms with E-state index in [1.165, 1.54) is 5.57 Å². The number of ketones is 2. The van der Waals surface area contributed by atoms with Crippen LogP contribution < -0.4 is 0 Å². The molecule has 5 aliphatic rings. The Balaban J connectivity index is 1.45. The summed E-state index contributed by atoms with van der Waals surface area (Å²) in [5.74, 6) is -0.462. The van der Waals surface area contributed by atoms with E-state index in [9.17, 15) is 19.5 Å². The van der Waals surface area contributed by atoms with E-state index in [-0.39, 0.29) is 34.7 Å². The quantitative estimate of drug-likeness (QED) is 0.457. The molecule has 1 saturated heterocycles. The van der Waals surface area contributed by atoms with Crippen LogP contribution in [0.3, 0.4) is 0 Å². The van der Waals surface area contributed by atoms with Crippen molar-refractivity contribution in [2.75, 3.05) is 0 Å². The van der Waals surface area contributed by atoms with Gasteiger partial charge in [0.15, 0.2) is 23.3 Å². The standard InChI is InChI=1S/C28H36O5/c1-15(2)16(3)6-7-17(25(31)32)19-8-9-20-18-14-23(30)28-24(33-28)22(29)11-13-27(28,5)21(18)10-12-26(19,20)4/h11,13-15,17,19-21,24H,3,6-10,12H2,1-2,4-5H3,(H,31,32)/t17-,19-,20+,21?,24-,26-,27-,28-/m1/s1. The van der Waals surface area contributed by atoms with Crippen LogP contribution in [-0.2, 0) is 19.1 Å². The minimum Gasteiger partial charge on any atom is -0.481 e. The number of carboxylic acid groups (broad SMARTS) is 1. The molecule has 1 N–H and O–H groups in total. The maximum atomic E-state index is 13.4. The van der Waals surface area contributed by atoms with E-state index in [1.807, 2.05) is 6.08 Å². The maximum Gasteiger partial charge on any atom is 0.306 e. The molecule has 8 atom stereocenters. The van der Waals surface area contributed by atoms with Crippen molar-refractivity contribution in [3.05, 3.63) is 36.0 Å². The van der Waals surface area contributed by atoms with Crippen LogP contribution in [0.4, 0.5) is 0 Å². The Morgan fingerprint density at radius 1 is 1.21 bits per heavy atom. The number of aliphatic carboxylic acids is 1. The highest BCUT2D eigenvalue weighted by atomic mass is 16.6. The SMILES string of the molecule is C=C(CC[C@@H](C(=O)O)[C@H]1CC[C@H]2C3=CC(=O)[C@@]45O[C@@H]4C(=O)C=C[C@]5(C)C3CC[C@]12C)C(C)C. The van der Waals surface area contributed by atoms with Gasteiger partial charge in [-0.15, -0.1) is 0 Å². The molecule has 178 valence electrons. The fourth-order valence-corrected chi connectivity index (χ4v) is 8.04. The zero-order chi connectivity index (χ0) is 23.9. The molecule has 5 rings (SSSR count). The summed E-state index contributed by atoms with van der Waals surface area (Å²) in [4.78, 5) is 38.0. The van der Waals surface area contributed by atoms with Gasteiger partial charge in [0.05, 0.1) is 5.92 Å². The summed E-state index contributed by atoms with van der Waals surface area (Å²) in [6, 6.07) is 0. The lowest BCUT2D eigenvalue weighted by molar-refractivity contribution is -0.146. The molecule has 1 spiro atoms. The summed E-state index contributed by atoms with van der Waals surface area (Å²) in [5.41, 5.74) is 0.630. The van der Waals surface area contributed by atoms with Crippen LogP contribution in [0.1, 0.15) is 66.2 Å². The lowest BCUT2D eigenvalue weighted by atomic mass is 9.48. The smallest absolute Gasteiger partial charge is 0.306 e. The molecule has 0 aromatic rings. The molecule has 0 aromatic heterocycles. The van der Waals surface area contributed by atoms with E-state index in [1.54, 1.807) is 12.2 Å². The number of rotatable bonds is 6. The Morgan fingerprint density at radius 3 is 2.61 bits per heavy atom. The van der Waals surface area contributed by atoms with Crippen LogP contribution >= 0.6 is 0 Å². The van der Waals surface area contributed by atoms with E-state index < -0.39 is 29.0 Å². The van der Waals surface area contributed by atoms with Gasteiger partial charge in [0, 0.05) is 5.41 Å². The van der Waals surface area contributed by atoms with Gasteiger partial charge in [0.25, 0.3) is 0 Å². The van der Waals surface area contributed by atoms with Gasteiger partial charge in [-0.25, -0.2) is 0 Å². The number of hydrogen-bond acceptors (Lipinski definition) is 4. The fraction of sp³-hybridized carbons (Fsp3) is 0.679. The number of fused-ring (bicyclic) bond motifs is 4. The fourth-order valence-electron chi connectivity index (χ4n) is 8.04. The van der Waals surface area contributed by atoms with Crippen LogP contribution in [-0.4, -0.2) is 34.3 Å². The molecule has 0 bridgehead atoms. The summed E-state index contributed by atoms with van der Waals surface area (Å²) in [6.45, 7) is 12.7. The van der Waals surface area contributed by atoms with Gasteiger partial charge in [-0.2, -0.15) is 0 Å². The third kappa shape index (κ3) is 2.90. The molecule has 3 fully saturated rings. The minimum atomic E-state index is -1.01. The van der Waals surface area contributed by atoms with Crippen molar-refractivity contribution in [3.8, 4) is 0 Å². The molecule has 5 nitrogen and oxygen atoms in total. The number of carboxylic acids is 1. The number of carbonyl (C=O) groups is 3. The summed E-state index contributed by atoms with van der Waals surface area (Å²) in [5, 5.41) is 10.2. The minimum absolute atomic E-state index is 0.0744. The van der Waals surface area contributed by atoms with Crippen molar-refractivity contribution in [1.29, 1.82) is 0 Å². The summed E-state index contributed by atoms with van der Waals surface area (Å²) in [7, 11) is 0. The first-order valence-corrected chi connectivity index (χ1v) is 12.5. The van der Waals surface area contributed by atoms with E-state index in [2.05, 4.69) is 34.3 Å². The molecule has 0 radical (unpaired) electrons. The predicted molar refractivity (Wildman–Crippen MR) is 124 cm³/mol. The van der Waals surface area contributed by atoms with Crippen LogP contribution in [0.25, 0.3) is 0 Å². The monoisotopic (exact) mass is 452 g/mol. The van der Waals surface area contributed by atoms with Crippen molar-refractivity contribution < 1.29 is 24.2 Å². The highest BCUT2D eigenvalue weighted by molar-refractivity contribution is 6.12. The van der Waals surface area contributed by atoms with E-state index in [4.69, 9.17) is 4.74 Å². The first-order valence-electron chi connectivity index (χ1n) is 12.5. The molecule has 33 heavy (non-hydrogen) atoms. The molecule has 4 aliphatic carbocycles. The van der Waals surface area contributed by atoms with Crippen LogP contribution in [0.2, 0.25) is 0 Å². The van der Waals surface area contributed by atoms with Gasteiger partial charge in [-0.1, -0.05) is 51.5 Å². The number of carbonyl (C=O) groups excluding carboxylic acids is 2. The van der Waals surface area contributed by atoms with Gasteiger partial charge >= 0.3 is 5.97 Å². The zero-order valence-electron chi connectivity index (χ0n) is 20.2. The van der Waals surface area contributed by atoms with Gasteiger partial charge < -0.3 is 9.84 Å². The average molecular weight is 453 g/mol. The second-order valence-corrected chi connectivity index (χ2v) is 11.9. The third-order valence-electron chi connectivity index (χ3n) is 10.2. The molecular weight excluding hydrogens is 416 g/mol. The third-order valence-corrected chi connectivity index (χ3v) is 10.2. The molecule has 5 heteroatoms. The molecule has 1 heterocycles. The normalized spacial score (nSPS) is 43.8. The molecule has 1 unspecified atom stereocenters. The number of allylic oxidation sites excluding steroid dienone is 2. The van der Waals surface area contributed by atoms with Gasteiger partial charge in [-0.05, 0) is 79.8 Å². The Hall–Kier alpha value is -2.01. The first kappa shape index (κ1) is 22.8. The second-order valence-electron chi connectivity index (χ2n) is 11.9. The lowest BCUT2D eigenvalue weighted by Crippen LogP contribution is -2.56. The zero-order valence-corrected chi connectivity index (χ0v) is 20.2. The van der Waals surface area contributed by atoms with Crippen molar-refractivity contribution >= 4 is 17.5 Å². The number of ether oxygens (including phenoxy) is 1. The topological polar surface area (TPSA) is 84.0 Å². The highest BCUT2D eigenvalue weighted by Gasteiger charge is 2.78.